The number of amides is 1. The van der Waals surface area contributed by atoms with Crippen LogP contribution in [0.1, 0.15) is 21.7 Å². The summed E-state index contributed by atoms with van der Waals surface area (Å²) in [5, 5.41) is 11.3. The fourth-order valence-corrected chi connectivity index (χ4v) is 1.74. The number of aromatic nitrogens is 2. The lowest BCUT2D eigenvalue weighted by atomic mass is 10.1. The van der Waals surface area contributed by atoms with E-state index in [1.807, 2.05) is 0 Å². The highest BCUT2D eigenvalue weighted by Gasteiger charge is 2.04. The summed E-state index contributed by atoms with van der Waals surface area (Å²) >= 11 is 0. The number of H-pyrrole nitrogens is 1. The number of aromatic amines is 1. The summed E-state index contributed by atoms with van der Waals surface area (Å²) in [5.74, 6) is -0.352. The maximum Gasteiger partial charge on any atom is 0.328 e. The minimum Gasteiger partial charge on any atom is -0.478 e. The summed E-state index contributed by atoms with van der Waals surface area (Å²) in [6, 6.07) is 6.70. The van der Waals surface area contributed by atoms with Gasteiger partial charge in [0.15, 0.2) is 0 Å². The second kappa shape index (κ2) is 7.04. The Hall–Kier alpha value is -2.89. The third-order valence-corrected chi connectivity index (χ3v) is 2.79. The molecule has 21 heavy (non-hydrogen) atoms. The van der Waals surface area contributed by atoms with Crippen molar-refractivity contribution in [1.29, 1.82) is 0 Å². The number of carboxylic acids is 1. The van der Waals surface area contributed by atoms with Crippen molar-refractivity contribution in [1.82, 2.24) is 15.3 Å². The molecule has 2 rings (SSSR count). The summed E-state index contributed by atoms with van der Waals surface area (Å²) in [6.07, 6.45) is 6.57. The maximum atomic E-state index is 11.9. The molecular weight excluding hydrogens is 270 g/mol. The molecule has 0 saturated heterocycles. The van der Waals surface area contributed by atoms with Crippen LogP contribution in [0.2, 0.25) is 0 Å². The topological polar surface area (TPSA) is 95.1 Å². The molecule has 1 amide bonds. The SMILES string of the molecule is O=C(O)/C=C/c1ccc(C(=O)NCCc2ncc[nH]2)cc1. The van der Waals surface area contributed by atoms with Gasteiger partial charge in [0, 0.05) is 37.0 Å². The van der Waals surface area contributed by atoms with Crippen molar-refractivity contribution in [2.24, 2.45) is 0 Å². The van der Waals surface area contributed by atoms with Crippen LogP contribution in [0, 0.1) is 0 Å². The molecule has 2 aromatic rings. The van der Waals surface area contributed by atoms with Gasteiger partial charge in [0.2, 0.25) is 0 Å². The van der Waals surface area contributed by atoms with Crippen LogP contribution in [0.15, 0.2) is 42.7 Å². The standard InChI is InChI=1S/C15H15N3O3/c19-14(20)6-3-11-1-4-12(5-2-11)15(21)18-8-7-13-16-9-10-17-13/h1-6,9-10H,7-8H2,(H,16,17)(H,18,21)(H,19,20)/b6-3+. The van der Waals surface area contributed by atoms with Gasteiger partial charge in [0.05, 0.1) is 0 Å². The molecular formula is C15H15N3O3. The maximum absolute atomic E-state index is 11.9. The monoisotopic (exact) mass is 285 g/mol. The van der Waals surface area contributed by atoms with Gasteiger partial charge in [0.1, 0.15) is 5.82 Å². The third-order valence-electron chi connectivity index (χ3n) is 2.79. The smallest absolute Gasteiger partial charge is 0.328 e. The summed E-state index contributed by atoms with van der Waals surface area (Å²) in [6.45, 7) is 0.493. The van der Waals surface area contributed by atoms with E-state index in [2.05, 4.69) is 15.3 Å². The van der Waals surface area contributed by atoms with Crippen molar-refractivity contribution < 1.29 is 14.7 Å². The summed E-state index contributed by atoms with van der Waals surface area (Å²) in [7, 11) is 0. The molecule has 0 unspecified atom stereocenters. The molecule has 0 fully saturated rings. The van der Waals surface area contributed by atoms with Crippen LogP contribution in [0.5, 0.6) is 0 Å². The molecule has 0 saturated carbocycles. The second-order valence-corrected chi connectivity index (χ2v) is 4.34. The Balaban J connectivity index is 1.86. The summed E-state index contributed by atoms with van der Waals surface area (Å²) in [5.41, 5.74) is 1.26. The first-order valence-electron chi connectivity index (χ1n) is 6.42. The van der Waals surface area contributed by atoms with Crippen molar-refractivity contribution in [2.75, 3.05) is 6.54 Å². The van der Waals surface area contributed by atoms with Gasteiger partial charge in [0.25, 0.3) is 5.91 Å². The van der Waals surface area contributed by atoms with E-state index in [1.54, 1.807) is 36.7 Å². The molecule has 108 valence electrons. The Bertz CT molecular complexity index is 631. The summed E-state index contributed by atoms with van der Waals surface area (Å²) in [4.78, 5) is 29.3. The lowest BCUT2D eigenvalue weighted by Crippen LogP contribution is -2.25. The molecule has 1 aromatic heterocycles. The number of nitrogens with one attached hydrogen (secondary N) is 2. The zero-order valence-electron chi connectivity index (χ0n) is 11.2. The van der Waals surface area contributed by atoms with Crippen LogP contribution in [0.4, 0.5) is 0 Å². The first kappa shape index (κ1) is 14.5. The highest BCUT2D eigenvalue weighted by Crippen LogP contribution is 2.06. The molecule has 0 aliphatic carbocycles. The average molecular weight is 285 g/mol. The van der Waals surface area contributed by atoms with Crippen LogP contribution in [0.3, 0.4) is 0 Å². The van der Waals surface area contributed by atoms with Gasteiger partial charge in [-0.1, -0.05) is 12.1 Å². The Morgan fingerprint density at radius 2 is 2.05 bits per heavy atom. The van der Waals surface area contributed by atoms with Gasteiger partial charge in [-0.2, -0.15) is 0 Å². The van der Waals surface area contributed by atoms with E-state index in [4.69, 9.17) is 5.11 Å². The van der Waals surface area contributed by atoms with Crippen LogP contribution in [0.25, 0.3) is 6.08 Å². The Morgan fingerprint density at radius 3 is 2.67 bits per heavy atom. The number of hydrogen-bond acceptors (Lipinski definition) is 3. The lowest BCUT2D eigenvalue weighted by molar-refractivity contribution is -0.131. The van der Waals surface area contributed by atoms with Crippen molar-refractivity contribution in [3.63, 3.8) is 0 Å². The number of aliphatic carboxylic acids is 1. The molecule has 0 radical (unpaired) electrons. The summed E-state index contributed by atoms with van der Waals surface area (Å²) < 4.78 is 0. The molecule has 6 nitrogen and oxygen atoms in total. The minimum atomic E-state index is -1.00. The van der Waals surface area contributed by atoms with Crippen LogP contribution in [-0.2, 0) is 11.2 Å². The number of rotatable bonds is 6. The van der Waals surface area contributed by atoms with Crippen LogP contribution < -0.4 is 5.32 Å². The fourth-order valence-electron chi connectivity index (χ4n) is 1.74. The number of nitrogens with zero attached hydrogens (tertiary/aromatic N) is 1. The number of carbonyl (C=O) groups excluding carboxylic acids is 1. The van der Waals surface area contributed by atoms with Crippen LogP contribution >= 0.6 is 0 Å². The van der Waals surface area contributed by atoms with E-state index in [-0.39, 0.29) is 5.91 Å². The molecule has 0 atom stereocenters. The second-order valence-electron chi connectivity index (χ2n) is 4.34. The number of hydrogen-bond donors (Lipinski definition) is 3. The van der Waals surface area contributed by atoms with Crippen molar-refractivity contribution in [3.8, 4) is 0 Å². The van der Waals surface area contributed by atoms with Crippen molar-refractivity contribution in [2.45, 2.75) is 6.42 Å². The van der Waals surface area contributed by atoms with Crippen LogP contribution in [-0.4, -0.2) is 33.5 Å². The van der Waals surface area contributed by atoms with E-state index in [0.717, 1.165) is 17.5 Å². The zero-order valence-corrected chi connectivity index (χ0v) is 11.2. The number of benzene rings is 1. The number of imidazole rings is 1. The fraction of sp³-hybridized carbons (Fsp3) is 0.133. The highest BCUT2D eigenvalue weighted by atomic mass is 16.4. The number of carboxylic acid groups (broad SMARTS) is 1. The quantitative estimate of drug-likeness (QED) is 0.701. The normalized spacial score (nSPS) is 10.7. The van der Waals surface area contributed by atoms with Crippen molar-refractivity contribution >= 4 is 18.0 Å². The molecule has 0 spiro atoms. The van der Waals surface area contributed by atoms with Gasteiger partial charge in [-0.05, 0) is 23.8 Å². The minimum absolute atomic E-state index is 0.171. The molecule has 1 heterocycles. The molecule has 0 bridgehead atoms. The van der Waals surface area contributed by atoms with E-state index in [1.165, 1.54) is 6.08 Å². The van der Waals surface area contributed by atoms with E-state index >= 15 is 0 Å². The average Bonchev–Trinajstić information content (AvgIpc) is 2.99. The molecule has 3 N–H and O–H groups in total. The predicted octanol–water partition coefficient (Wildman–Crippen LogP) is 1.48. The molecule has 1 aromatic carbocycles. The highest BCUT2D eigenvalue weighted by molar-refractivity contribution is 5.94. The largest absolute Gasteiger partial charge is 0.478 e. The Labute approximate surface area is 121 Å². The first-order valence-corrected chi connectivity index (χ1v) is 6.42. The van der Waals surface area contributed by atoms with Gasteiger partial charge in [-0.3, -0.25) is 4.79 Å². The van der Waals surface area contributed by atoms with Gasteiger partial charge in [-0.15, -0.1) is 0 Å². The van der Waals surface area contributed by atoms with E-state index in [0.29, 0.717) is 18.5 Å². The molecule has 0 aliphatic rings. The first-order chi connectivity index (χ1) is 10.1. The molecule has 0 aliphatic heterocycles. The zero-order chi connectivity index (χ0) is 15.1. The Morgan fingerprint density at radius 1 is 1.29 bits per heavy atom. The third kappa shape index (κ3) is 4.61. The van der Waals surface area contributed by atoms with E-state index < -0.39 is 5.97 Å². The predicted molar refractivity (Wildman–Crippen MR) is 77.7 cm³/mol. The molecule has 6 heteroatoms. The van der Waals surface area contributed by atoms with E-state index in [9.17, 15) is 9.59 Å². The van der Waals surface area contributed by atoms with Gasteiger partial charge < -0.3 is 15.4 Å². The Kier molecular flexibility index (Phi) is 4.87. The lowest BCUT2D eigenvalue weighted by Gasteiger charge is -2.04. The number of carbonyl (C=O) groups is 2. The van der Waals surface area contributed by atoms with Gasteiger partial charge >= 0.3 is 5.97 Å². The van der Waals surface area contributed by atoms with Crippen molar-refractivity contribution in [3.05, 3.63) is 59.7 Å². The van der Waals surface area contributed by atoms with Gasteiger partial charge in [-0.25, -0.2) is 9.78 Å².